The minimum Gasteiger partial charge on any atom is -0.321 e. The van der Waals surface area contributed by atoms with E-state index < -0.39 is 0 Å². The number of hydrogen-bond acceptors (Lipinski definition) is 1. The standard InChI is InChI=1S/C22H27FN2O/c1-3-17-6-5-7-18(4-2)22(17)24-21(26)15-25(20-12-13-20)14-16-8-10-19(23)11-9-16/h5-11,20H,3-4,12-15H2,1-2H3,(H,24,26)/p+1. The van der Waals surface area contributed by atoms with Gasteiger partial charge in [-0.25, -0.2) is 4.39 Å². The largest absolute Gasteiger partial charge is 0.321 e. The predicted octanol–water partition coefficient (Wildman–Crippen LogP) is 3.14. The zero-order valence-corrected chi connectivity index (χ0v) is 15.6. The van der Waals surface area contributed by atoms with E-state index in [0.717, 1.165) is 43.5 Å². The van der Waals surface area contributed by atoms with Gasteiger partial charge in [-0.3, -0.25) is 4.79 Å². The van der Waals surface area contributed by atoms with Crippen LogP contribution in [0.25, 0.3) is 0 Å². The lowest BCUT2D eigenvalue weighted by atomic mass is 10.0. The summed E-state index contributed by atoms with van der Waals surface area (Å²) in [5.74, 6) is -0.160. The van der Waals surface area contributed by atoms with E-state index in [0.29, 0.717) is 12.6 Å². The molecule has 1 saturated carbocycles. The van der Waals surface area contributed by atoms with Gasteiger partial charge in [0.1, 0.15) is 12.4 Å². The summed E-state index contributed by atoms with van der Waals surface area (Å²) >= 11 is 0. The van der Waals surface area contributed by atoms with E-state index in [1.54, 1.807) is 0 Å². The quantitative estimate of drug-likeness (QED) is 0.749. The Labute approximate surface area is 155 Å². The molecule has 2 aromatic carbocycles. The van der Waals surface area contributed by atoms with Crippen LogP contribution in [0.15, 0.2) is 42.5 Å². The first-order valence-corrected chi connectivity index (χ1v) is 9.60. The van der Waals surface area contributed by atoms with Gasteiger partial charge in [0.05, 0.1) is 6.04 Å². The second kappa shape index (κ2) is 8.45. The number of quaternary nitrogens is 1. The zero-order valence-electron chi connectivity index (χ0n) is 15.6. The minimum atomic E-state index is -0.220. The number of carbonyl (C=O) groups excluding carboxylic acids is 1. The second-order valence-corrected chi connectivity index (χ2v) is 7.12. The topological polar surface area (TPSA) is 33.5 Å². The van der Waals surface area contributed by atoms with Crippen LogP contribution in [-0.2, 0) is 24.2 Å². The van der Waals surface area contributed by atoms with Crippen LogP contribution in [0.2, 0.25) is 0 Å². The van der Waals surface area contributed by atoms with Gasteiger partial charge >= 0.3 is 0 Å². The van der Waals surface area contributed by atoms with Gasteiger partial charge in [0.2, 0.25) is 0 Å². The average molecular weight is 355 g/mol. The Morgan fingerprint density at radius 2 is 1.69 bits per heavy atom. The number of rotatable bonds is 8. The highest BCUT2D eigenvalue weighted by Crippen LogP contribution is 2.22. The van der Waals surface area contributed by atoms with E-state index in [1.165, 1.54) is 28.2 Å². The van der Waals surface area contributed by atoms with Gasteiger partial charge in [-0.15, -0.1) is 0 Å². The fraction of sp³-hybridized carbons (Fsp3) is 0.409. The molecule has 0 heterocycles. The van der Waals surface area contributed by atoms with Crippen molar-refractivity contribution in [1.29, 1.82) is 0 Å². The van der Waals surface area contributed by atoms with Crippen molar-refractivity contribution in [2.45, 2.75) is 52.1 Å². The van der Waals surface area contributed by atoms with E-state index in [9.17, 15) is 9.18 Å². The number of benzene rings is 2. The Hall–Kier alpha value is -2.20. The van der Waals surface area contributed by atoms with Gasteiger partial charge in [0, 0.05) is 24.1 Å². The number of hydrogen-bond donors (Lipinski definition) is 2. The minimum absolute atomic E-state index is 0.0598. The first-order chi connectivity index (χ1) is 12.6. The Balaban J connectivity index is 1.68. The zero-order chi connectivity index (χ0) is 18.5. The Morgan fingerprint density at radius 3 is 2.23 bits per heavy atom. The fourth-order valence-corrected chi connectivity index (χ4v) is 3.50. The smallest absolute Gasteiger partial charge is 0.279 e. The van der Waals surface area contributed by atoms with Crippen LogP contribution in [0.5, 0.6) is 0 Å². The molecule has 0 spiro atoms. The monoisotopic (exact) mass is 355 g/mol. The molecule has 2 N–H and O–H groups in total. The molecule has 0 radical (unpaired) electrons. The second-order valence-electron chi connectivity index (χ2n) is 7.12. The number of anilines is 1. The summed E-state index contributed by atoms with van der Waals surface area (Å²) in [6.07, 6.45) is 4.13. The van der Waals surface area contributed by atoms with Crippen molar-refractivity contribution >= 4 is 11.6 Å². The summed E-state index contributed by atoms with van der Waals surface area (Å²) in [5, 5.41) is 3.17. The first kappa shape index (κ1) is 18.6. The maximum atomic E-state index is 13.1. The molecule has 0 bridgehead atoms. The van der Waals surface area contributed by atoms with Gasteiger partial charge in [-0.1, -0.05) is 44.2 Å². The molecule has 0 aliphatic heterocycles. The van der Waals surface area contributed by atoms with Crippen LogP contribution < -0.4 is 10.2 Å². The van der Waals surface area contributed by atoms with Crippen molar-refractivity contribution in [3.63, 3.8) is 0 Å². The lowest BCUT2D eigenvalue weighted by Gasteiger charge is -2.20. The number of carbonyl (C=O) groups is 1. The maximum absolute atomic E-state index is 13.1. The van der Waals surface area contributed by atoms with Crippen LogP contribution >= 0.6 is 0 Å². The SMILES string of the molecule is CCc1cccc(CC)c1NC(=O)C[NH+](Cc1ccc(F)cc1)C1CC1. The highest BCUT2D eigenvalue weighted by atomic mass is 19.1. The summed E-state index contributed by atoms with van der Waals surface area (Å²) in [5.41, 5.74) is 4.43. The third-order valence-electron chi connectivity index (χ3n) is 5.15. The summed E-state index contributed by atoms with van der Waals surface area (Å²) in [7, 11) is 0. The van der Waals surface area contributed by atoms with Crippen LogP contribution in [0, 0.1) is 5.82 Å². The predicted molar refractivity (Wildman–Crippen MR) is 103 cm³/mol. The lowest BCUT2D eigenvalue weighted by molar-refractivity contribution is -0.916. The van der Waals surface area contributed by atoms with E-state index in [4.69, 9.17) is 0 Å². The molecule has 2 aromatic rings. The molecule has 4 heteroatoms. The maximum Gasteiger partial charge on any atom is 0.279 e. The number of nitrogens with one attached hydrogen (secondary N) is 2. The normalized spacial score (nSPS) is 14.9. The first-order valence-electron chi connectivity index (χ1n) is 9.60. The number of amides is 1. The lowest BCUT2D eigenvalue weighted by Crippen LogP contribution is -3.13. The van der Waals surface area contributed by atoms with E-state index in [2.05, 4.69) is 37.4 Å². The molecule has 1 atom stereocenters. The van der Waals surface area contributed by atoms with Gasteiger partial charge in [0.15, 0.2) is 6.54 Å². The van der Waals surface area contributed by atoms with Gasteiger partial charge in [-0.2, -0.15) is 0 Å². The van der Waals surface area contributed by atoms with Gasteiger partial charge in [0.25, 0.3) is 5.91 Å². The van der Waals surface area contributed by atoms with Crippen molar-refractivity contribution in [1.82, 2.24) is 0 Å². The van der Waals surface area contributed by atoms with Crippen molar-refractivity contribution < 1.29 is 14.1 Å². The van der Waals surface area contributed by atoms with Crippen molar-refractivity contribution in [3.8, 4) is 0 Å². The molecule has 3 nitrogen and oxygen atoms in total. The van der Waals surface area contributed by atoms with Crippen LogP contribution in [-0.4, -0.2) is 18.5 Å². The molecular formula is C22H28FN2O+. The third kappa shape index (κ3) is 4.70. The van der Waals surface area contributed by atoms with Crippen molar-refractivity contribution in [2.24, 2.45) is 0 Å². The summed E-state index contributed by atoms with van der Waals surface area (Å²) < 4.78 is 13.1. The highest BCUT2D eigenvalue weighted by molar-refractivity contribution is 5.93. The average Bonchev–Trinajstić information content (AvgIpc) is 3.48. The summed E-state index contributed by atoms with van der Waals surface area (Å²) in [4.78, 5) is 14.0. The highest BCUT2D eigenvalue weighted by Gasteiger charge is 2.34. The molecule has 1 aliphatic carbocycles. The van der Waals surface area contributed by atoms with E-state index in [1.807, 2.05) is 12.1 Å². The molecule has 0 saturated heterocycles. The van der Waals surface area contributed by atoms with Crippen LogP contribution in [0.3, 0.4) is 0 Å². The van der Waals surface area contributed by atoms with E-state index >= 15 is 0 Å². The van der Waals surface area contributed by atoms with Gasteiger partial charge < -0.3 is 10.2 Å². The molecule has 138 valence electrons. The molecule has 26 heavy (non-hydrogen) atoms. The Morgan fingerprint density at radius 1 is 1.08 bits per heavy atom. The van der Waals surface area contributed by atoms with Crippen LogP contribution in [0.1, 0.15) is 43.4 Å². The van der Waals surface area contributed by atoms with Crippen LogP contribution in [0.4, 0.5) is 10.1 Å². The number of aryl methyl sites for hydroxylation is 2. The molecule has 0 aromatic heterocycles. The molecule has 1 fully saturated rings. The van der Waals surface area contributed by atoms with E-state index in [-0.39, 0.29) is 11.7 Å². The summed E-state index contributed by atoms with van der Waals surface area (Å²) in [6, 6.07) is 13.4. The molecular weight excluding hydrogens is 327 g/mol. The Kier molecular flexibility index (Phi) is 6.04. The molecule has 3 rings (SSSR count). The van der Waals surface area contributed by atoms with Crippen molar-refractivity contribution in [2.75, 3.05) is 11.9 Å². The summed E-state index contributed by atoms with van der Waals surface area (Å²) in [6.45, 7) is 5.43. The fourth-order valence-electron chi connectivity index (χ4n) is 3.50. The Bertz CT molecular complexity index is 731. The molecule has 1 unspecified atom stereocenters. The molecule has 1 aliphatic rings. The number of halogens is 1. The third-order valence-corrected chi connectivity index (χ3v) is 5.15. The van der Waals surface area contributed by atoms with Gasteiger partial charge in [-0.05, 0) is 36.1 Å². The van der Waals surface area contributed by atoms with Crippen molar-refractivity contribution in [3.05, 3.63) is 65.0 Å². The molecule has 1 amide bonds. The number of para-hydroxylation sites is 1.